The lowest BCUT2D eigenvalue weighted by molar-refractivity contribution is -0.115. The zero-order valence-corrected chi connectivity index (χ0v) is 16.3. The first-order chi connectivity index (χ1) is 11.8. The highest BCUT2D eigenvalue weighted by atomic mass is 32.2. The maximum absolute atomic E-state index is 12.0. The van der Waals surface area contributed by atoms with Crippen LogP contribution in [0.4, 0.5) is 11.4 Å². The van der Waals surface area contributed by atoms with Gasteiger partial charge in [0.05, 0.1) is 17.5 Å². The van der Waals surface area contributed by atoms with E-state index in [2.05, 4.69) is 23.7 Å². The number of fused-ring (bicyclic) bond motifs is 1. The Hall–Kier alpha value is -1.54. The molecule has 0 bridgehead atoms. The standard InChI is InChI=1S/C17H23N3O3S2/c1-4-19(5-2)13-6-8-14(9-7-13)20-15-10-25(22,23)11-16(15)24-17(20)18-12(3)21/h6-9,15-16H,4-5,10-11H2,1-3H3/t15-,16+/m0/s1. The Morgan fingerprint density at radius 3 is 2.44 bits per heavy atom. The van der Waals surface area contributed by atoms with Gasteiger partial charge in [0, 0.05) is 36.6 Å². The van der Waals surface area contributed by atoms with Crippen LogP contribution in [0.15, 0.2) is 29.3 Å². The summed E-state index contributed by atoms with van der Waals surface area (Å²) in [6, 6.07) is 7.88. The van der Waals surface area contributed by atoms with Crippen molar-refractivity contribution in [2.75, 3.05) is 34.4 Å². The van der Waals surface area contributed by atoms with Crippen LogP contribution < -0.4 is 9.80 Å². The summed E-state index contributed by atoms with van der Waals surface area (Å²) >= 11 is 1.40. The average Bonchev–Trinajstić information content (AvgIpc) is 2.99. The molecule has 2 fully saturated rings. The lowest BCUT2D eigenvalue weighted by Crippen LogP contribution is -2.37. The van der Waals surface area contributed by atoms with E-state index in [4.69, 9.17) is 0 Å². The summed E-state index contributed by atoms with van der Waals surface area (Å²) in [7, 11) is -3.04. The third-order valence-corrected chi connectivity index (χ3v) is 7.79. The number of rotatable bonds is 4. The molecule has 1 amide bonds. The van der Waals surface area contributed by atoms with Gasteiger partial charge >= 0.3 is 0 Å². The molecule has 0 radical (unpaired) electrons. The number of hydrogen-bond donors (Lipinski definition) is 0. The molecule has 8 heteroatoms. The van der Waals surface area contributed by atoms with Crippen molar-refractivity contribution < 1.29 is 13.2 Å². The van der Waals surface area contributed by atoms with Crippen molar-refractivity contribution >= 4 is 44.0 Å². The van der Waals surface area contributed by atoms with E-state index in [1.807, 2.05) is 29.2 Å². The molecule has 3 rings (SSSR count). The van der Waals surface area contributed by atoms with Crippen molar-refractivity contribution in [1.29, 1.82) is 0 Å². The number of sulfone groups is 1. The van der Waals surface area contributed by atoms with Crippen LogP contribution in [-0.4, -0.2) is 55.4 Å². The van der Waals surface area contributed by atoms with Crippen molar-refractivity contribution in [3.05, 3.63) is 24.3 Å². The number of thioether (sulfide) groups is 1. The Kier molecular flexibility index (Phi) is 5.11. The lowest BCUT2D eigenvalue weighted by atomic mass is 10.2. The fourth-order valence-corrected chi connectivity index (χ4v) is 7.37. The summed E-state index contributed by atoms with van der Waals surface area (Å²) in [5, 5.41) is 0.540. The van der Waals surface area contributed by atoms with Gasteiger partial charge in [-0.15, -0.1) is 0 Å². The molecule has 1 aromatic rings. The normalized spacial score (nSPS) is 26.0. The van der Waals surface area contributed by atoms with Crippen LogP contribution in [0.5, 0.6) is 0 Å². The van der Waals surface area contributed by atoms with E-state index in [0.717, 1.165) is 24.5 Å². The van der Waals surface area contributed by atoms with E-state index >= 15 is 0 Å². The smallest absolute Gasteiger partial charge is 0.244 e. The molecule has 2 aliphatic heterocycles. The summed E-state index contributed by atoms with van der Waals surface area (Å²) < 4.78 is 24.0. The first-order valence-corrected chi connectivity index (χ1v) is 11.1. The van der Waals surface area contributed by atoms with Crippen LogP contribution in [0.1, 0.15) is 20.8 Å². The van der Waals surface area contributed by atoms with E-state index in [-0.39, 0.29) is 28.7 Å². The minimum absolute atomic E-state index is 0.0643. The Balaban J connectivity index is 1.95. The first kappa shape index (κ1) is 18.3. The maximum atomic E-state index is 12.0. The largest absolute Gasteiger partial charge is 0.372 e. The third-order valence-electron chi connectivity index (χ3n) is 4.58. The van der Waals surface area contributed by atoms with Gasteiger partial charge in [-0.05, 0) is 38.1 Å². The zero-order valence-electron chi connectivity index (χ0n) is 14.7. The lowest BCUT2D eigenvalue weighted by Gasteiger charge is -2.26. The number of amidine groups is 1. The number of hydrogen-bond acceptors (Lipinski definition) is 5. The third kappa shape index (κ3) is 3.69. The molecule has 1 aromatic carbocycles. The molecule has 0 spiro atoms. The number of benzene rings is 1. The van der Waals surface area contributed by atoms with Crippen molar-refractivity contribution in [2.45, 2.75) is 32.1 Å². The minimum atomic E-state index is -3.04. The molecule has 25 heavy (non-hydrogen) atoms. The molecule has 2 atom stereocenters. The maximum Gasteiger partial charge on any atom is 0.244 e. The summed E-state index contributed by atoms with van der Waals surface area (Å²) in [5.74, 6) is -0.0118. The predicted molar refractivity (Wildman–Crippen MR) is 104 cm³/mol. The van der Waals surface area contributed by atoms with Crippen LogP contribution >= 0.6 is 11.8 Å². The molecule has 6 nitrogen and oxygen atoms in total. The molecule has 0 N–H and O–H groups in total. The number of aliphatic imine (C=N–C) groups is 1. The van der Waals surface area contributed by atoms with Gasteiger partial charge in [-0.2, -0.15) is 4.99 Å². The molecule has 0 saturated carbocycles. The van der Waals surface area contributed by atoms with Gasteiger partial charge in [-0.3, -0.25) is 4.79 Å². The Bertz CT molecular complexity index is 786. The molecule has 0 aliphatic carbocycles. The van der Waals surface area contributed by atoms with E-state index < -0.39 is 9.84 Å². The van der Waals surface area contributed by atoms with Crippen LogP contribution in [0.3, 0.4) is 0 Å². The number of carbonyl (C=O) groups excluding carboxylic acids is 1. The summed E-state index contributed by atoms with van der Waals surface area (Å²) in [5.41, 5.74) is 2.01. The quantitative estimate of drug-likeness (QED) is 0.796. The molecular weight excluding hydrogens is 358 g/mol. The van der Waals surface area contributed by atoms with Gasteiger partial charge in [-0.1, -0.05) is 11.8 Å². The van der Waals surface area contributed by atoms with Gasteiger partial charge < -0.3 is 9.80 Å². The summed E-state index contributed by atoms with van der Waals surface area (Å²) in [4.78, 5) is 19.8. The van der Waals surface area contributed by atoms with E-state index in [9.17, 15) is 13.2 Å². The highest BCUT2D eigenvalue weighted by Crippen LogP contribution is 2.41. The Morgan fingerprint density at radius 2 is 1.88 bits per heavy atom. The van der Waals surface area contributed by atoms with Crippen molar-refractivity contribution in [1.82, 2.24) is 0 Å². The molecule has 0 aromatic heterocycles. The average molecular weight is 382 g/mol. The number of carbonyl (C=O) groups is 1. The van der Waals surface area contributed by atoms with Gasteiger partial charge in [0.1, 0.15) is 0 Å². The van der Waals surface area contributed by atoms with Crippen molar-refractivity contribution in [3.63, 3.8) is 0 Å². The zero-order chi connectivity index (χ0) is 18.2. The second-order valence-electron chi connectivity index (χ2n) is 6.27. The highest BCUT2D eigenvalue weighted by molar-refractivity contribution is 8.16. The number of nitrogens with zero attached hydrogens (tertiary/aromatic N) is 3. The minimum Gasteiger partial charge on any atom is -0.372 e. The first-order valence-electron chi connectivity index (χ1n) is 8.45. The van der Waals surface area contributed by atoms with Gasteiger partial charge in [0.25, 0.3) is 0 Å². The van der Waals surface area contributed by atoms with Crippen LogP contribution in [0, 0.1) is 0 Å². The Morgan fingerprint density at radius 1 is 1.24 bits per heavy atom. The molecule has 0 unspecified atom stereocenters. The van der Waals surface area contributed by atoms with E-state index in [1.165, 1.54) is 18.7 Å². The van der Waals surface area contributed by atoms with E-state index in [0.29, 0.717) is 5.17 Å². The van der Waals surface area contributed by atoms with Gasteiger partial charge in [0.2, 0.25) is 5.91 Å². The fraction of sp³-hybridized carbons (Fsp3) is 0.529. The highest BCUT2D eigenvalue weighted by Gasteiger charge is 2.49. The van der Waals surface area contributed by atoms with Crippen molar-refractivity contribution in [2.24, 2.45) is 4.99 Å². The second kappa shape index (κ2) is 6.99. The molecule has 2 aliphatic rings. The molecular formula is C17H23N3O3S2. The number of amides is 1. The van der Waals surface area contributed by atoms with E-state index in [1.54, 1.807) is 0 Å². The predicted octanol–water partition coefficient (Wildman–Crippen LogP) is 2.15. The Labute approximate surface area is 153 Å². The summed E-state index contributed by atoms with van der Waals surface area (Å²) in [6.07, 6.45) is 0. The van der Waals surface area contributed by atoms with Crippen molar-refractivity contribution in [3.8, 4) is 0 Å². The molecule has 2 heterocycles. The topological polar surface area (TPSA) is 70.0 Å². The SMILES string of the molecule is CCN(CC)c1ccc(N2C(=NC(C)=O)S[C@@H]3CS(=O)(=O)C[C@@H]32)cc1. The molecule has 136 valence electrons. The monoisotopic (exact) mass is 381 g/mol. The molecule has 2 saturated heterocycles. The summed E-state index contributed by atoms with van der Waals surface area (Å²) in [6.45, 7) is 7.49. The second-order valence-corrected chi connectivity index (χ2v) is 9.63. The van der Waals surface area contributed by atoms with Crippen LogP contribution in [0.2, 0.25) is 0 Å². The van der Waals surface area contributed by atoms with Crippen LogP contribution in [0.25, 0.3) is 0 Å². The fourth-order valence-electron chi connectivity index (χ4n) is 3.41. The van der Waals surface area contributed by atoms with Gasteiger partial charge in [-0.25, -0.2) is 8.42 Å². The van der Waals surface area contributed by atoms with Crippen LogP contribution in [-0.2, 0) is 14.6 Å². The van der Waals surface area contributed by atoms with Gasteiger partial charge in [0.15, 0.2) is 15.0 Å². The number of anilines is 2.